The SMILES string of the molecule is COc1cccc(/C=C/C(=O)c2cc3cccc(OC)c3o2)c1OC(F)F. The Balaban J connectivity index is 1.91. The second-order valence-corrected chi connectivity index (χ2v) is 5.44. The molecule has 140 valence electrons. The van der Waals surface area contributed by atoms with Gasteiger partial charge in [0.25, 0.3) is 0 Å². The van der Waals surface area contributed by atoms with E-state index >= 15 is 0 Å². The third-order valence-corrected chi connectivity index (χ3v) is 3.82. The normalized spacial score (nSPS) is 11.3. The van der Waals surface area contributed by atoms with E-state index in [2.05, 4.69) is 4.74 Å². The first-order chi connectivity index (χ1) is 13.0. The van der Waals surface area contributed by atoms with Crippen LogP contribution >= 0.6 is 0 Å². The lowest BCUT2D eigenvalue weighted by atomic mass is 10.1. The van der Waals surface area contributed by atoms with Crippen LogP contribution in [0.5, 0.6) is 17.2 Å². The number of furan rings is 1. The number of fused-ring (bicyclic) bond motifs is 1. The van der Waals surface area contributed by atoms with Crippen molar-refractivity contribution in [2.24, 2.45) is 0 Å². The maximum Gasteiger partial charge on any atom is 0.387 e. The van der Waals surface area contributed by atoms with Crippen molar-refractivity contribution in [3.63, 3.8) is 0 Å². The van der Waals surface area contributed by atoms with Crippen molar-refractivity contribution >= 4 is 22.8 Å². The fourth-order valence-electron chi connectivity index (χ4n) is 2.61. The van der Waals surface area contributed by atoms with Crippen LogP contribution in [0.15, 0.2) is 53.0 Å². The number of para-hydroxylation sites is 2. The lowest BCUT2D eigenvalue weighted by Crippen LogP contribution is -2.05. The molecule has 1 aromatic heterocycles. The van der Waals surface area contributed by atoms with E-state index in [0.29, 0.717) is 16.7 Å². The second-order valence-electron chi connectivity index (χ2n) is 5.44. The van der Waals surface area contributed by atoms with E-state index in [9.17, 15) is 13.6 Å². The number of methoxy groups -OCH3 is 2. The summed E-state index contributed by atoms with van der Waals surface area (Å²) in [4.78, 5) is 12.4. The Morgan fingerprint density at radius 1 is 1.07 bits per heavy atom. The number of alkyl halides is 2. The highest BCUT2D eigenvalue weighted by Gasteiger charge is 2.16. The molecule has 0 bridgehead atoms. The molecule has 0 unspecified atom stereocenters. The molecule has 3 rings (SSSR count). The molecule has 0 amide bonds. The van der Waals surface area contributed by atoms with Crippen molar-refractivity contribution in [2.45, 2.75) is 6.61 Å². The van der Waals surface area contributed by atoms with Gasteiger partial charge in [0.1, 0.15) is 0 Å². The number of benzene rings is 2. The molecule has 1 heterocycles. The first-order valence-electron chi connectivity index (χ1n) is 7.94. The van der Waals surface area contributed by atoms with E-state index in [4.69, 9.17) is 13.9 Å². The summed E-state index contributed by atoms with van der Waals surface area (Å²) < 4.78 is 45.7. The molecule has 0 aliphatic carbocycles. The maximum absolute atomic E-state index is 12.7. The number of rotatable bonds is 7. The first kappa shape index (κ1) is 18.4. The number of hydrogen-bond donors (Lipinski definition) is 0. The van der Waals surface area contributed by atoms with Gasteiger partial charge in [-0.15, -0.1) is 0 Å². The summed E-state index contributed by atoms with van der Waals surface area (Å²) in [7, 11) is 2.85. The molecule has 7 heteroatoms. The number of halogens is 2. The first-order valence-corrected chi connectivity index (χ1v) is 7.94. The van der Waals surface area contributed by atoms with E-state index < -0.39 is 12.4 Å². The van der Waals surface area contributed by atoms with Crippen LogP contribution < -0.4 is 14.2 Å². The molecule has 0 spiro atoms. The van der Waals surface area contributed by atoms with Gasteiger partial charge in [0.2, 0.25) is 5.78 Å². The van der Waals surface area contributed by atoms with E-state index in [1.165, 1.54) is 38.5 Å². The summed E-state index contributed by atoms with van der Waals surface area (Å²) in [5.41, 5.74) is 0.733. The molecule has 0 aliphatic heterocycles. The molecule has 0 saturated heterocycles. The highest BCUT2D eigenvalue weighted by atomic mass is 19.3. The smallest absolute Gasteiger partial charge is 0.387 e. The van der Waals surface area contributed by atoms with Crippen molar-refractivity contribution in [1.29, 1.82) is 0 Å². The Bertz CT molecular complexity index is 991. The van der Waals surface area contributed by atoms with E-state index in [1.807, 2.05) is 0 Å². The van der Waals surface area contributed by atoms with Crippen LogP contribution in [0, 0.1) is 0 Å². The summed E-state index contributed by atoms with van der Waals surface area (Å²) in [5.74, 6) is 0.170. The summed E-state index contributed by atoms with van der Waals surface area (Å²) >= 11 is 0. The molecule has 27 heavy (non-hydrogen) atoms. The molecule has 0 radical (unpaired) electrons. The molecular formula is C20H16F2O5. The summed E-state index contributed by atoms with van der Waals surface area (Å²) in [6.07, 6.45) is 2.59. The topological polar surface area (TPSA) is 57.9 Å². The highest BCUT2D eigenvalue weighted by molar-refractivity contribution is 6.07. The van der Waals surface area contributed by atoms with Crippen LogP contribution in [0.25, 0.3) is 17.0 Å². The van der Waals surface area contributed by atoms with E-state index in [0.717, 1.165) is 0 Å². The van der Waals surface area contributed by atoms with Crippen LogP contribution in [0.2, 0.25) is 0 Å². The molecule has 0 saturated carbocycles. The lowest BCUT2D eigenvalue weighted by Gasteiger charge is -2.12. The number of carbonyl (C=O) groups is 1. The van der Waals surface area contributed by atoms with Gasteiger partial charge in [-0.05, 0) is 30.4 Å². The fourth-order valence-corrected chi connectivity index (χ4v) is 2.61. The van der Waals surface area contributed by atoms with Crippen molar-refractivity contribution in [3.8, 4) is 17.2 Å². The Morgan fingerprint density at radius 2 is 1.78 bits per heavy atom. The van der Waals surface area contributed by atoms with Crippen LogP contribution in [-0.4, -0.2) is 26.6 Å². The molecule has 2 aromatic carbocycles. The van der Waals surface area contributed by atoms with Gasteiger partial charge in [-0.1, -0.05) is 24.3 Å². The minimum atomic E-state index is -3.02. The highest BCUT2D eigenvalue weighted by Crippen LogP contribution is 2.33. The second kappa shape index (κ2) is 7.90. The number of hydrogen-bond acceptors (Lipinski definition) is 5. The van der Waals surface area contributed by atoms with Crippen molar-refractivity contribution in [3.05, 3.63) is 59.9 Å². The molecule has 0 fully saturated rings. The van der Waals surface area contributed by atoms with Gasteiger partial charge < -0.3 is 18.6 Å². The van der Waals surface area contributed by atoms with Gasteiger partial charge in [-0.3, -0.25) is 4.79 Å². The minimum absolute atomic E-state index is 0.102. The number of ether oxygens (including phenoxy) is 3. The third-order valence-electron chi connectivity index (χ3n) is 3.82. The van der Waals surface area contributed by atoms with Crippen LogP contribution in [0.3, 0.4) is 0 Å². The summed E-state index contributed by atoms with van der Waals surface area (Å²) in [6, 6.07) is 11.5. The quantitative estimate of drug-likeness (QED) is 0.433. The van der Waals surface area contributed by atoms with Gasteiger partial charge in [-0.2, -0.15) is 8.78 Å². The Hall–Kier alpha value is -3.35. The Morgan fingerprint density at radius 3 is 2.48 bits per heavy atom. The van der Waals surface area contributed by atoms with Crippen LogP contribution in [0.4, 0.5) is 8.78 Å². The number of carbonyl (C=O) groups excluding carboxylic acids is 1. The summed E-state index contributed by atoms with van der Waals surface area (Å²) in [5, 5.41) is 0.717. The van der Waals surface area contributed by atoms with Gasteiger partial charge >= 0.3 is 6.61 Å². The standard InChI is InChI=1S/C20H16F2O5/c1-24-15-7-3-5-12(18(15)27-20(21)22)9-10-14(23)17-11-13-6-4-8-16(25-2)19(13)26-17/h3-11,20H,1-2H3/b10-9+. The Kier molecular flexibility index (Phi) is 5.40. The minimum Gasteiger partial charge on any atom is -0.493 e. The number of ketones is 1. The number of allylic oxidation sites excluding steroid dienone is 1. The van der Waals surface area contributed by atoms with E-state index in [1.54, 1.807) is 30.3 Å². The van der Waals surface area contributed by atoms with Crippen LogP contribution in [-0.2, 0) is 0 Å². The zero-order valence-electron chi connectivity index (χ0n) is 14.6. The van der Waals surface area contributed by atoms with Crippen molar-refractivity contribution in [1.82, 2.24) is 0 Å². The molecule has 0 aliphatic rings. The summed E-state index contributed by atoms with van der Waals surface area (Å²) in [6.45, 7) is -3.02. The average Bonchev–Trinajstić information content (AvgIpc) is 3.10. The third kappa shape index (κ3) is 3.92. The van der Waals surface area contributed by atoms with Crippen LogP contribution in [0.1, 0.15) is 16.1 Å². The lowest BCUT2D eigenvalue weighted by molar-refractivity contribution is -0.0513. The predicted octanol–water partition coefficient (Wildman–Crippen LogP) is 4.95. The van der Waals surface area contributed by atoms with E-state index in [-0.39, 0.29) is 22.8 Å². The van der Waals surface area contributed by atoms with Gasteiger partial charge in [-0.25, -0.2) is 0 Å². The Labute approximate surface area is 153 Å². The average molecular weight is 374 g/mol. The predicted molar refractivity (Wildman–Crippen MR) is 95.8 cm³/mol. The van der Waals surface area contributed by atoms with Gasteiger partial charge in [0, 0.05) is 10.9 Å². The maximum atomic E-state index is 12.7. The molecule has 0 N–H and O–H groups in total. The molecule has 5 nitrogen and oxygen atoms in total. The zero-order chi connectivity index (χ0) is 19.4. The van der Waals surface area contributed by atoms with Crippen molar-refractivity contribution in [2.75, 3.05) is 14.2 Å². The molecular weight excluding hydrogens is 358 g/mol. The molecule has 0 atom stereocenters. The fraction of sp³-hybridized carbons (Fsp3) is 0.150. The molecule has 3 aromatic rings. The monoisotopic (exact) mass is 374 g/mol. The van der Waals surface area contributed by atoms with Gasteiger partial charge in [0.05, 0.1) is 14.2 Å². The largest absolute Gasteiger partial charge is 0.493 e. The van der Waals surface area contributed by atoms with Gasteiger partial charge in [0.15, 0.2) is 28.6 Å². The van der Waals surface area contributed by atoms with Crippen molar-refractivity contribution < 1.29 is 32.2 Å². The zero-order valence-corrected chi connectivity index (χ0v) is 14.6.